The zero-order valence-corrected chi connectivity index (χ0v) is 9.89. The fraction of sp³-hybridized carbons (Fsp3) is 0.200. The van der Waals surface area contributed by atoms with E-state index in [9.17, 15) is 13.2 Å². The molecular weight excluding hydrogens is 279 g/mol. The molecule has 3 aromatic rings. The summed E-state index contributed by atoms with van der Waals surface area (Å²) in [5.41, 5.74) is -0.927. The largest absolute Gasteiger partial charge is 0.433 e. The lowest BCUT2D eigenvalue weighted by atomic mass is 10.3. The van der Waals surface area contributed by atoms with Crippen molar-refractivity contribution >= 4 is 23.1 Å². The van der Waals surface area contributed by atoms with Crippen LogP contribution in [-0.4, -0.2) is 20.2 Å². The summed E-state index contributed by atoms with van der Waals surface area (Å²) in [6, 6.07) is 0.731. The summed E-state index contributed by atoms with van der Waals surface area (Å²) in [6.07, 6.45) is -3.57. The van der Waals surface area contributed by atoms with Crippen LogP contribution in [0.5, 0.6) is 0 Å². The molecule has 0 spiro atoms. The molecule has 3 heterocycles. The Hall–Kier alpha value is -2.65. The Morgan fingerprint density at radius 1 is 1.15 bits per heavy atom. The molecule has 104 valence electrons. The molecule has 0 unspecified atom stereocenters. The Kier molecular flexibility index (Phi) is 2.59. The third kappa shape index (κ3) is 2.27. The Labute approximate surface area is 108 Å². The van der Waals surface area contributed by atoms with E-state index >= 15 is 0 Å². The van der Waals surface area contributed by atoms with Crippen LogP contribution in [0.2, 0.25) is 0 Å². The minimum absolute atomic E-state index is 0.0260. The molecule has 0 saturated heterocycles. The number of alkyl halides is 3. The van der Waals surface area contributed by atoms with Crippen LogP contribution < -0.4 is 5.32 Å². The van der Waals surface area contributed by atoms with Gasteiger partial charge in [0.15, 0.2) is 5.58 Å². The number of halogens is 3. The first kappa shape index (κ1) is 12.4. The number of hydrogen-bond donors (Lipinski definition) is 1. The predicted octanol–water partition coefficient (Wildman–Crippen LogP) is 2.68. The number of nitrogens with zero attached hydrogens (tertiary/aromatic N) is 4. The number of hydrogen-bond acceptors (Lipinski definition) is 7. The molecule has 0 saturated carbocycles. The third-order valence-corrected chi connectivity index (χ3v) is 2.31. The first-order chi connectivity index (χ1) is 9.41. The van der Waals surface area contributed by atoms with Gasteiger partial charge in [0.2, 0.25) is 5.89 Å². The predicted molar refractivity (Wildman–Crippen MR) is 59.1 cm³/mol. The molecule has 0 radical (unpaired) electrons. The summed E-state index contributed by atoms with van der Waals surface area (Å²) < 4.78 is 47.7. The molecule has 0 atom stereocenters. The number of oxazole rings is 1. The van der Waals surface area contributed by atoms with Crippen LogP contribution in [0.15, 0.2) is 21.1 Å². The maximum atomic E-state index is 12.5. The number of aryl methyl sites for hydroxylation is 1. The van der Waals surface area contributed by atoms with E-state index in [-0.39, 0.29) is 23.1 Å². The van der Waals surface area contributed by atoms with Crippen molar-refractivity contribution in [1.82, 2.24) is 20.2 Å². The lowest BCUT2D eigenvalue weighted by Crippen LogP contribution is -2.06. The van der Waals surface area contributed by atoms with Gasteiger partial charge in [-0.2, -0.15) is 18.2 Å². The summed E-state index contributed by atoms with van der Waals surface area (Å²) in [6.45, 7) is 1.59. The molecule has 1 N–H and O–H groups in total. The van der Waals surface area contributed by atoms with Crippen LogP contribution in [0.1, 0.15) is 11.6 Å². The first-order valence-electron chi connectivity index (χ1n) is 5.33. The maximum absolute atomic E-state index is 12.5. The molecule has 0 aliphatic carbocycles. The Morgan fingerprint density at radius 3 is 2.60 bits per heavy atom. The SMILES string of the molecule is Cc1nnc(Nc2nc3cnc(C(F)(F)F)cc3o2)o1. The second-order valence-corrected chi connectivity index (χ2v) is 3.81. The van der Waals surface area contributed by atoms with Crippen molar-refractivity contribution < 1.29 is 22.0 Å². The van der Waals surface area contributed by atoms with E-state index < -0.39 is 11.9 Å². The summed E-state index contributed by atoms with van der Waals surface area (Å²) in [4.78, 5) is 7.18. The first-order valence-corrected chi connectivity index (χ1v) is 5.33. The minimum atomic E-state index is -4.54. The van der Waals surface area contributed by atoms with Gasteiger partial charge in [0.1, 0.15) is 11.2 Å². The Morgan fingerprint density at radius 2 is 1.95 bits per heavy atom. The second-order valence-electron chi connectivity index (χ2n) is 3.81. The number of rotatable bonds is 2. The van der Waals surface area contributed by atoms with Crippen LogP contribution in [-0.2, 0) is 6.18 Å². The highest BCUT2D eigenvalue weighted by atomic mass is 19.4. The smallest absolute Gasteiger partial charge is 0.423 e. The third-order valence-electron chi connectivity index (χ3n) is 2.31. The van der Waals surface area contributed by atoms with Crippen molar-refractivity contribution in [2.75, 3.05) is 5.32 Å². The molecule has 3 rings (SSSR count). The van der Waals surface area contributed by atoms with Crippen LogP contribution in [0.3, 0.4) is 0 Å². The highest BCUT2D eigenvalue weighted by Gasteiger charge is 2.33. The number of fused-ring (bicyclic) bond motifs is 1. The van der Waals surface area contributed by atoms with Gasteiger partial charge >= 0.3 is 18.2 Å². The topological polar surface area (TPSA) is 89.9 Å². The lowest BCUT2D eigenvalue weighted by molar-refractivity contribution is -0.141. The molecule has 0 bridgehead atoms. The fourth-order valence-corrected chi connectivity index (χ4v) is 1.48. The van der Waals surface area contributed by atoms with Gasteiger partial charge in [-0.3, -0.25) is 5.32 Å². The van der Waals surface area contributed by atoms with E-state index in [0.29, 0.717) is 5.89 Å². The van der Waals surface area contributed by atoms with Gasteiger partial charge in [0.05, 0.1) is 6.20 Å². The van der Waals surface area contributed by atoms with Crippen molar-refractivity contribution in [2.24, 2.45) is 0 Å². The molecule has 0 aliphatic rings. The molecule has 10 heteroatoms. The van der Waals surface area contributed by atoms with Crippen molar-refractivity contribution in [3.05, 3.63) is 23.8 Å². The van der Waals surface area contributed by atoms with Gasteiger partial charge in [-0.15, -0.1) is 5.10 Å². The van der Waals surface area contributed by atoms with Gasteiger partial charge in [-0.1, -0.05) is 5.10 Å². The van der Waals surface area contributed by atoms with Gasteiger partial charge < -0.3 is 8.83 Å². The molecule has 0 aliphatic heterocycles. The number of nitrogens with one attached hydrogen (secondary N) is 1. The number of aromatic nitrogens is 4. The molecule has 3 aromatic heterocycles. The number of pyridine rings is 1. The Balaban J connectivity index is 1.94. The highest BCUT2D eigenvalue weighted by Crippen LogP contribution is 2.30. The monoisotopic (exact) mass is 285 g/mol. The van der Waals surface area contributed by atoms with Crippen molar-refractivity contribution in [2.45, 2.75) is 13.1 Å². The Bertz CT molecular complexity index is 764. The molecule has 0 amide bonds. The zero-order valence-electron chi connectivity index (χ0n) is 9.89. The molecule has 7 nitrogen and oxygen atoms in total. The van der Waals surface area contributed by atoms with Crippen LogP contribution in [0.25, 0.3) is 11.1 Å². The quantitative estimate of drug-likeness (QED) is 0.774. The zero-order chi connectivity index (χ0) is 14.3. The van der Waals surface area contributed by atoms with Gasteiger partial charge in [-0.05, 0) is 0 Å². The highest BCUT2D eigenvalue weighted by molar-refractivity contribution is 5.74. The average Bonchev–Trinajstić information content (AvgIpc) is 2.93. The van der Waals surface area contributed by atoms with Crippen LogP contribution >= 0.6 is 0 Å². The standard InChI is InChI=1S/C10H6F3N5O2/c1-4-17-18-9(19-4)16-8-15-5-3-14-7(10(11,12)13)2-6(5)20-8/h2-3H,1H3,(H,15,16,18). The second kappa shape index (κ2) is 4.18. The van der Waals surface area contributed by atoms with Crippen molar-refractivity contribution in [3.8, 4) is 0 Å². The normalized spacial score (nSPS) is 12.0. The summed E-state index contributed by atoms with van der Waals surface area (Å²) >= 11 is 0. The maximum Gasteiger partial charge on any atom is 0.433 e. The van der Waals surface area contributed by atoms with Crippen LogP contribution in [0.4, 0.5) is 25.2 Å². The van der Waals surface area contributed by atoms with Gasteiger partial charge in [-0.25, -0.2) is 4.98 Å². The van der Waals surface area contributed by atoms with Crippen molar-refractivity contribution in [3.63, 3.8) is 0 Å². The van der Waals surface area contributed by atoms with E-state index in [1.165, 1.54) is 0 Å². The summed E-state index contributed by atoms with van der Waals surface area (Å²) in [5.74, 6) is 0.324. The molecule has 20 heavy (non-hydrogen) atoms. The van der Waals surface area contributed by atoms with E-state index in [4.69, 9.17) is 8.83 Å². The van der Waals surface area contributed by atoms with Crippen molar-refractivity contribution in [1.29, 1.82) is 0 Å². The summed E-state index contributed by atoms with van der Waals surface area (Å²) in [7, 11) is 0. The minimum Gasteiger partial charge on any atom is -0.423 e. The number of anilines is 2. The summed E-state index contributed by atoms with van der Waals surface area (Å²) in [5, 5.41) is 9.76. The van der Waals surface area contributed by atoms with Crippen LogP contribution in [0, 0.1) is 6.92 Å². The van der Waals surface area contributed by atoms with E-state index in [1.54, 1.807) is 6.92 Å². The molecule has 0 fully saturated rings. The van der Waals surface area contributed by atoms with E-state index in [2.05, 4.69) is 25.5 Å². The van der Waals surface area contributed by atoms with Gasteiger partial charge in [0.25, 0.3) is 0 Å². The average molecular weight is 285 g/mol. The molecule has 0 aromatic carbocycles. The van der Waals surface area contributed by atoms with E-state index in [1.807, 2.05) is 0 Å². The van der Waals surface area contributed by atoms with E-state index in [0.717, 1.165) is 12.3 Å². The molecular formula is C10H6F3N5O2. The fourth-order valence-electron chi connectivity index (χ4n) is 1.48. The lowest BCUT2D eigenvalue weighted by Gasteiger charge is -2.03. The van der Waals surface area contributed by atoms with Gasteiger partial charge in [0, 0.05) is 13.0 Å².